The molecule has 0 aliphatic rings. The molecular weight excluding hydrogens is 352 g/mol. The minimum absolute atomic E-state index is 0.00753. The van der Waals surface area contributed by atoms with E-state index in [1.807, 2.05) is 69.3 Å². The molecule has 2 aromatic carbocycles. The molecule has 3 aromatic rings. The van der Waals surface area contributed by atoms with Gasteiger partial charge in [0.15, 0.2) is 0 Å². The van der Waals surface area contributed by atoms with E-state index in [0.717, 1.165) is 5.56 Å². The standard InChI is InChI=1S/C22H24N4O2/c1-15(2)28-20-12-8-7-11-18(20)25-21(27)19-13-16(3)24-22(26-19)23-14-17-9-5-4-6-10-17/h4-13,15H,14H2,1-3H3,(H,25,27)(H,23,24,26). The van der Waals surface area contributed by atoms with Crippen molar-refractivity contribution in [2.75, 3.05) is 10.6 Å². The lowest BCUT2D eigenvalue weighted by molar-refractivity contribution is 0.102. The summed E-state index contributed by atoms with van der Waals surface area (Å²) in [6.45, 7) is 6.30. The molecule has 0 unspecified atom stereocenters. The van der Waals surface area contributed by atoms with Crippen LogP contribution >= 0.6 is 0 Å². The van der Waals surface area contributed by atoms with Crippen molar-refractivity contribution in [2.45, 2.75) is 33.4 Å². The van der Waals surface area contributed by atoms with Crippen molar-refractivity contribution >= 4 is 17.5 Å². The molecule has 0 saturated heterocycles. The van der Waals surface area contributed by atoms with E-state index in [-0.39, 0.29) is 12.0 Å². The average Bonchev–Trinajstić information content (AvgIpc) is 2.68. The number of hydrogen-bond donors (Lipinski definition) is 2. The molecule has 144 valence electrons. The van der Waals surface area contributed by atoms with E-state index in [0.29, 0.717) is 35.3 Å². The van der Waals surface area contributed by atoms with Crippen molar-refractivity contribution in [1.29, 1.82) is 0 Å². The van der Waals surface area contributed by atoms with E-state index >= 15 is 0 Å². The number of para-hydroxylation sites is 2. The van der Waals surface area contributed by atoms with Gasteiger partial charge in [-0.3, -0.25) is 4.79 Å². The van der Waals surface area contributed by atoms with Crippen molar-refractivity contribution < 1.29 is 9.53 Å². The minimum atomic E-state index is -0.312. The number of hydrogen-bond acceptors (Lipinski definition) is 5. The molecule has 2 N–H and O–H groups in total. The van der Waals surface area contributed by atoms with Crippen LogP contribution in [0.4, 0.5) is 11.6 Å². The maximum absolute atomic E-state index is 12.7. The molecular formula is C22H24N4O2. The predicted octanol–water partition coefficient (Wildman–Crippen LogP) is 4.44. The molecule has 6 heteroatoms. The Morgan fingerprint density at radius 3 is 2.50 bits per heavy atom. The highest BCUT2D eigenvalue weighted by Gasteiger charge is 2.14. The van der Waals surface area contributed by atoms with Gasteiger partial charge in [-0.15, -0.1) is 0 Å². The number of amides is 1. The van der Waals surface area contributed by atoms with E-state index in [4.69, 9.17) is 4.74 Å². The third-order valence-electron chi connectivity index (χ3n) is 3.88. The second kappa shape index (κ2) is 8.99. The van der Waals surface area contributed by atoms with Crippen LogP contribution < -0.4 is 15.4 Å². The van der Waals surface area contributed by atoms with Crippen LogP contribution in [0.1, 0.15) is 35.6 Å². The highest BCUT2D eigenvalue weighted by Crippen LogP contribution is 2.25. The van der Waals surface area contributed by atoms with Gasteiger partial charge in [0.1, 0.15) is 11.4 Å². The molecule has 0 atom stereocenters. The quantitative estimate of drug-likeness (QED) is 0.638. The lowest BCUT2D eigenvalue weighted by atomic mass is 10.2. The Hall–Kier alpha value is -3.41. The summed E-state index contributed by atoms with van der Waals surface area (Å²) in [6.07, 6.45) is 0.00753. The van der Waals surface area contributed by atoms with Crippen molar-refractivity contribution in [1.82, 2.24) is 9.97 Å². The number of rotatable bonds is 7. The van der Waals surface area contributed by atoms with Crippen molar-refractivity contribution in [3.8, 4) is 5.75 Å². The molecule has 1 amide bonds. The Bertz CT molecular complexity index is 942. The van der Waals surface area contributed by atoms with Gasteiger partial charge in [-0.1, -0.05) is 42.5 Å². The molecule has 0 bridgehead atoms. The van der Waals surface area contributed by atoms with Crippen LogP contribution in [-0.2, 0) is 6.54 Å². The number of carbonyl (C=O) groups excluding carboxylic acids is 1. The topological polar surface area (TPSA) is 76.1 Å². The minimum Gasteiger partial charge on any atom is -0.489 e. The maximum atomic E-state index is 12.7. The molecule has 0 saturated carbocycles. The summed E-state index contributed by atoms with van der Waals surface area (Å²) in [6, 6.07) is 19.0. The zero-order valence-corrected chi connectivity index (χ0v) is 16.3. The Kier molecular flexibility index (Phi) is 6.22. The average molecular weight is 376 g/mol. The number of nitrogens with zero attached hydrogens (tertiary/aromatic N) is 2. The van der Waals surface area contributed by atoms with Crippen LogP contribution in [0.2, 0.25) is 0 Å². The summed E-state index contributed by atoms with van der Waals surface area (Å²) in [4.78, 5) is 21.5. The van der Waals surface area contributed by atoms with Crippen molar-refractivity contribution in [3.63, 3.8) is 0 Å². The number of aromatic nitrogens is 2. The van der Waals surface area contributed by atoms with Crippen LogP contribution in [0, 0.1) is 6.92 Å². The van der Waals surface area contributed by atoms with E-state index < -0.39 is 0 Å². The molecule has 0 spiro atoms. The van der Waals surface area contributed by atoms with Gasteiger partial charge in [0, 0.05) is 12.2 Å². The van der Waals surface area contributed by atoms with Crippen LogP contribution in [0.25, 0.3) is 0 Å². The lowest BCUT2D eigenvalue weighted by Crippen LogP contribution is -2.17. The first-order valence-electron chi connectivity index (χ1n) is 9.22. The first-order chi connectivity index (χ1) is 13.5. The molecule has 1 aromatic heterocycles. The summed E-state index contributed by atoms with van der Waals surface area (Å²) in [5.41, 5.74) is 2.72. The normalized spacial score (nSPS) is 10.6. The first kappa shape index (κ1) is 19.4. The molecule has 0 fully saturated rings. The third-order valence-corrected chi connectivity index (χ3v) is 3.88. The second-order valence-corrected chi connectivity index (χ2v) is 6.67. The fourth-order valence-electron chi connectivity index (χ4n) is 2.65. The van der Waals surface area contributed by atoms with Crippen molar-refractivity contribution in [2.24, 2.45) is 0 Å². The van der Waals surface area contributed by atoms with E-state index in [1.165, 1.54) is 0 Å². The second-order valence-electron chi connectivity index (χ2n) is 6.67. The highest BCUT2D eigenvalue weighted by molar-refractivity contribution is 6.03. The molecule has 1 heterocycles. The first-order valence-corrected chi connectivity index (χ1v) is 9.22. The Labute approximate surface area is 165 Å². The van der Waals surface area contributed by atoms with Crippen LogP contribution in [-0.4, -0.2) is 22.0 Å². The Balaban J connectivity index is 1.74. The van der Waals surface area contributed by atoms with Gasteiger partial charge >= 0.3 is 0 Å². The number of carbonyl (C=O) groups is 1. The van der Waals surface area contributed by atoms with Gasteiger partial charge in [-0.25, -0.2) is 9.97 Å². The van der Waals surface area contributed by atoms with Gasteiger partial charge < -0.3 is 15.4 Å². The number of benzene rings is 2. The van der Waals surface area contributed by atoms with Crippen LogP contribution in [0.15, 0.2) is 60.7 Å². The van der Waals surface area contributed by atoms with E-state index in [2.05, 4.69) is 20.6 Å². The zero-order chi connectivity index (χ0) is 19.9. The highest BCUT2D eigenvalue weighted by atomic mass is 16.5. The molecule has 6 nitrogen and oxygen atoms in total. The Morgan fingerprint density at radius 2 is 1.75 bits per heavy atom. The van der Waals surface area contributed by atoms with Gasteiger partial charge in [-0.05, 0) is 44.5 Å². The van der Waals surface area contributed by atoms with Gasteiger partial charge in [0.25, 0.3) is 5.91 Å². The van der Waals surface area contributed by atoms with E-state index in [9.17, 15) is 4.79 Å². The largest absolute Gasteiger partial charge is 0.489 e. The smallest absolute Gasteiger partial charge is 0.274 e. The molecule has 3 rings (SSSR count). The number of anilines is 2. The Morgan fingerprint density at radius 1 is 1.04 bits per heavy atom. The van der Waals surface area contributed by atoms with Gasteiger partial charge in [0.2, 0.25) is 5.95 Å². The summed E-state index contributed by atoms with van der Waals surface area (Å²) < 4.78 is 5.76. The molecule has 0 aliphatic carbocycles. The SMILES string of the molecule is Cc1cc(C(=O)Nc2ccccc2OC(C)C)nc(NCc2ccccc2)n1. The fraction of sp³-hybridized carbons (Fsp3) is 0.227. The number of aryl methyl sites for hydroxylation is 1. The fourth-order valence-corrected chi connectivity index (χ4v) is 2.65. The number of ether oxygens (including phenoxy) is 1. The third kappa shape index (κ3) is 5.30. The van der Waals surface area contributed by atoms with Crippen LogP contribution in [0.5, 0.6) is 5.75 Å². The summed E-state index contributed by atoms with van der Waals surface area (Å²) in [5, 5.41) is 6.05. The van der Waals surface area contributed by atoms with Gasteiger partial charge in [-0.2, -0.15) is 0 Å². The summed E-state index contributed by atoms with van der Waals surface area (Å²) in [7, 11) is 0. The molecule has 28 heavy (non-hydrogen) atoms. The monoisotopic (exact) mass is 376 g/mol. The number of nitrogens with one attached hydrogen (secondary N) is 2. The molecule has 0 radical (unpaired) electrons. The lowest BCUT2D eigenvalue weighted by Gasteiger charge is -2.15. The summed E-state index contributed by atoms with van der Waals surface area (Å²) >= 11 is 0. The predicted molar refractivity (Wildman–Crippen MR) is 111 cm³/mol. The van der Waals surface area contributed by atoms with E-state index in [1.54, 1.807) is 12.1 Å². The van der Waals surface area contributed by atoms with Crippen molar-refractivity contribution in [3.05, 3.63) is 77.6 Å². The maximum Gasteiger partial charge on any atom is 0.274 e. The zero-order valence-electron chi connectivity index (χ0n) is 16.3. The van der Waals surface area contributed by atoms with Gasteiger partial charge in [0.05, 0.1) is 11.8 Å². The summed E-state index contributed by atoms with van der Waals surface area (Å²) in [5.74, 6) is 0.729. The van der Waals surface area contributed by atoms with Crippen LogP contribution in [0.3, 0.4) is 0 Å². The molecule has 0 aliphatic heterocycles.